The van der Waals surface area contributed by atoms with Crippen LogP contribution in [0.2, 0.25) is 0 Å². The van der Waals surface area contributed by atoms with Crippen molar-refractivity contribution in [3.63, 3.8) is 0 Å². The lowest BCUT2D eigenvalue weighted by molar-refractivity contribution is -0.114. The Morgan fingerprint density at radius 2 is 2.32 bits per heavy atom. The quantitative estimate of drug-likeness (QED) is 0.538. The number of halogens is 2. The first-order valence-electron chi connectivity index (χ1n) is 7.80. The molecule has 0 aromatic carbocycles. The highest BCUT2D eigenvalue weighted by Gasteiger charge is 2.19. The fourth-order valence-electron chi connectivity index (χ4n) is 2.09. The molecule has 0 saturated heterocycles. The van der Waals surface area contributed by atoms with E-state index in [1.165, 1.54) is 12.3 Å². The van der Waals surface area contributed by atoms with Crippen molar-refractivity contribution >= 4 is 23.2 Å². The summed E-state index contributed by atoms with van der Waals surface area (Å²) < 4.78 is 13.4. The van der Waals surface area contributed by atoms with Gasteiger partial charge in [0.25, 0.3) is 5.91 Å². The molecule has 0 bridgehead atoms. The van der Waals surface area contributed by atoms with Gasteiger partial charge in [-0.3, -0.25) is 9.79 Å². The van der Waals surface area contributed by atoms with Crippen LogP contribution < -0.4 is 11.1 Å². The molecule has 1 atom stereocenters. The summed E-state index contributed by atoms with van der Waals surface area (Å²) in [6, 6.07) is 0. The van der Waals surface area contributed by atoms with Crippen molar-refractivity contribution in [1.29, 1.82) is 0 Å². The van der Waals surface area contributed by atoms with Crippen LogP contribution in [0.4, 0.5) is 4.39 Å². The summed E-state index contributed by atoms with van der Waals surface area (Å²) in [4.78, 5) is 18.5. The van der Waals surface area contributed by atoms with Gasteiger partial charge < -0.3 is 16.0 Å². The maximum absolute atomic E-state index is 13.4. The Morgan fingerprint density at radius 1 is 1.60 bits per heavy atom. The molecule has 0 aromatic heterocycles. The Kier molecular flexibility index (Phi) is 8.51. The number of hydrogen-bond donors (Lipinski definition) is 2. The van der Waals surface area contributed by atoms with Gasteiger partial charge in [-0.1, -0.05) is 35.6 Å². The highest BCUT2D eigenvalue weighted by atomic mass is 35.5. The van der Waals surface area contributed by atoms with E-state index in [4.69, 9.17) is 17.3 Å². The Bertz CT molecular complexity index is 710. The molecule has 1 unspecified atom stereocenters. The predicted octanol–water partition coefficient (Wildman–Crippen LogP) is 2.44. The number of rotatable bonds is 7. The Balaban J connectivity index is 2.85. The lowest BCUT2D eigenvalue weighted by atomic mass is 10.1. The van der Waals surface area contributed by atoms with E-state index >= 15 is 0 Å². The third kappa shape index (κ3) is 6.12. The summed E-state index contributed by atoms with van der Waals surface area (Å²) >= 11 is 5.66. The van der Waals surface area contributed by atoms with Gasteiger partial charge in [0.05, 0.1) is 11.6 Å². The predicted molar refractivity (Wildman–Crippen MR) is 100 cm³/mol. The lowest BCUT2D eigenvalue weighted by Gasteiger charge is -2.20. The van der Waals surface area contributed by atoms with Crippen molar-refractivity contribution in [3.8, 4) is 11.8 Å². The summed E-state index contributed by atoms with van der Waals surface area (Å²) in [7, 11) is 1.77. The molecule has 0 heterocycles. The second kappa shape index (κ2) is 10.4. The zero-order valence-corrected chi connectivity index (χ0v) is 15.3. The molecule has 0 spiro atoms. The zero-order valence-electron chi connectivity index (χ0n) is 14.5. The van der Waals surface area contributed by atoms with E-state index in [1.807, 2.05) is 13.8 Å². The fraction of sp³-hybridized carbons (Fsp3) is 0.333. The number of nitrogens with zero attached hydrogens (tertiary/aromatic N) is 2. The average Bonchev–Trinajstić information content (AvgIpc) is 2.75. The van der Waals surface area contributed by atoms with Crippen LogP contribution in [0.15, 0.2) is 52.2 Å². The van der Waals surface area contributed by atoms with E-state index in [-0.39, 0.29) is 23.4 Å². The first kappa shape index (κ1) is 20.5. The van der Waals surface area contributed by atoms with Crippen LogP contribution >= 0.6 is 11.6 Å². The molecule has 1 aliphatic carbocycles. The maximum Gasteiger partial charge on any atom is 0.271 e. The molecule has 1 rings (SSSR count). The first-order valence-corrected chi connectivity index (χ1v) is 8.17. The smallest absolute Gasteiger partial charge is 0.271 e. The van der Waals surface area contributed by atoms with E-state index in [0.29, 0.717) is 18.0 Å². The van der Waals surface area contributed by atoms with Gasteiger partial charge >= 0.3 is 0 Å². The normalized spacial score (nSPS) is 18.0. The topological polar surface area (TPSA) is 70.7 Å². The molecular weight excluding hydrogens is 343 g/mol. The minimum absolute atomic E-state index is 0.135. The monoisotopic (exact) mass is 364 g/mol. The third-order valence-corrected chi connectivity index (χ3v) is 3.55. The summed E-state index contributed by atoms with van der Waals surface area (Å²) in [5.74, 6) is 4.06. The fourth-order valence-corrected chi connectivity index (χ4v) is 2.20. The minimum atomic E-state index is -0.581. The summed E-state index contributed by atoms with van der Waals surface area (Å²) in [6.07, 6.45) is 7.59. The summed E-state index contributed by atoms with van der Waals surface area (Å²) in [5, 5.41) is 2.64. The van der Waals surface area contributed by atoms with Crippen LogP contribution in [0.1, 0.15) is 13.8 Å². The molecule has 7 heteroatoms. The molecule has 25 heavy (non-hydrogen) atoms. The van der Waals surface area contributed by atoms with Gasteiger partial charge in [0.2, 0.25) is 0 Å². The number of allylic oxidation sites excluding steroid dienone is 4. The van der Waals surface area contributed by atoms with Gasteiger partial charge in [-0.2, -0.15) is 0 Å². The molecule has 1 aliphatic rings. The van der Waals surface area contributed by atoms with Crippen LogP contribution in [0.25, 0.3) is 0 Å². The van der Waals surface area contributed by atoms with E-state index in [1.54, 1.807) is 30.3 Å². The van der Waals surface area contributed by atoms with Crippen molar-refractivity contribution in [1.82, 2.24) is 10.2 Å². The van der Waals surface area contributed by atoms with Crippen LogP contribution in [0, 0.1) is 17.8 Å². The van der Waals surface area contributed by atoms with Crippen molar-refractivity contribution < 1.29 is 9.18 Å². The number of amides is 1. The van der Waals surface area contributed by atoms with Crippen molar-refractivity contribution in [3.05, 3.63) is 47.2 Å². The molecular formula is C18H22ClFN4O. The van der Waals surface area contributed by atoms with E-state index in [0.717, 1.165) is 0 Å². The number of hydrogen-bond acceptors (Lipinski definition) is 4. The Hall–Kier alpha value is -2.52. The minimum Gasteiger partial charge on any atom is -0.403 e. The van der Waals surface area contributed by atoms with E-state index in [9.17, 15) is 9.18 Å². The van der Waals surface area contributed by atoms with Crippen molar-refractivity contribution in [2.45, 2.75) is 13.8 Å². The highest BCUT2D eigenvalue weighted by molar-refractivity contribution is 6.45. The molecule has 0 radical (unpaired) electrons. The maximum atomic E-state index is 13.4. The Morgan fingerprint density at radius 3 is 2.92 bits per heavy atom. The largest absolute Gasteiger partial charge is 0.403 e. The second-order valence-corrected chi connectivity index (χ2v) is 5.43. The van der Waals surface area contributed by atoms with Gasteiger partial charge in [-0.15, -0.1) is 0 Å². The molecule has 3 N–H and O–H groups in total. The lowest BCUT2D eigenvalue weighted by Crippen LogP contribution is -2.37. The van der Waals surface area contributed by atoms with Gasteiger partial charge in [-0.05, 0) is 19.9 Å². The highest BCUT2D eigenvalue weighted by Crippen LogP contribution is 2.15. The van der Waals surface area contributed by atoms with Gasteiger partial charge in [0.15, 0.2) is 0 Å². The van der Waals surface area contributed by atoms with Crippen LogP contribution in [-0.4, -0.2) is 36.7 Å². The summed E-state index contributed by atoms with van der Waals surface area (Å²) in [5.41, 5.74) is 6.32. The number of carbonyl (C=O) groups is 1. The third-order valence-electron chi connectivity index (χ3n) is 3.27. The number of aliphatic imine (C=N–C) groups is 1. The number of nitrogens with one attached hydrogen (secondary N) is 1. The summed E-state index contributed by atoms with van der Waals surface area (Å²) in [6.45, 7) is 4.32. The average molecular weight is 365 g/mol. The van der Waals surface area contributed by atoms with E-state index < -0.39 is 5.83 Å². The van der Waals surface area contributed by atoms with Crippen molar-refractivity contribution in [2.75, 3.05) is 20.1 Å². The van der Waals surface area contributed by atoms with Gasteiger partial charge in [-0.25, -0.2) is 4.39 Å². The molecule has 0 aromatic rings. The van der Waals surface area contributed by atoms with Crippen LogP contribution in [0.5, 0.6) is 0 Å². The molecule has 134 valence electrons. The number of nitrogens with two attached hydrogens (primary N) is 1. The molecule has 0 fully saturated rings. The van der Waals surface area contributed by atoms with Crippen LogP contribution in [-0.2, 0) is 4.79 Å². The molecule has 0 saturated carbocycles. The zero-order chi connectivity index (χ0) is 18.8. The SMILES string of the molecule is C/C=C(\C(=NCC)C(=O)NCC1C#CC(Cl)=C(F)C=C1)N(C)/C=C/N. The first-order chi connectivity index (χ1) is 11.9. The van der Waals surface area contributed by atoms with Gasteiger partial charge in [0.1, 0.15) is 16.6 Å². The van der Waals surface area contributed by atoms with Crippen molar-refractivity contribution in [2.24, 2.45) is 16.6 Å². The number of carbonyl (C=O) groups excluding carboxylic acids is 1. The Labute approximate surface area is 152 Å². The standard InChI is InChI=1S/C18H22ClFN4O/c1-4-16(24(3)11-10-21)17(22-5-2)18(25)23-12-13-6-8-14(19)15(20)9-7-13/h4,7,9-11,13H,5,12,21H2,1-3H3,(H,23,25)/b11-10+,16-4+,22-17?. The molecule has 0 aliphatic heterocycles. The van der Waals surface area contributed by atoms with Crippen LogP contribution in [0.3, 0.4) is 0 Å². The molecule has 5 nitrogen and oxygen atoms in total. The molecule has 1 amide bonds. The van der Waals surface area contributed by atoms with Gasteiger partial charge in [0, 0.05) is 32.5 Å². The second-order valence-electron chi connectivity index (χ2n) is 5.06. The van der Waals surface area contributed by atoms with E-state index in [2.05, 4.69) is 22.2 Å².